The van der Waals surface area contributed by atoms with Gasteiger partial charge >= 0.3 is 6.18 Å². The highest BCUT2D eigenvalue weighted by molar-refractivity contribution is 7.19. The molecule has 0 amide bonds. The number of hydrogen-bond donors (Lipinski definition) is 0. The van der Waals surface area contributed by atoms with Crippen LogP contribution in [0.2, 0.25) is 0 Å². The summed E-state index contributed by atoms with van der Waals surface area (Å²) in [5.74, 6) is 0. The van der Waals surface area contributed by atoms with Crippen molar-refractivity contribution in [2.75, 3.05) is 0 Å². The fourth-order valence-electron chi connectivity index (χ4n) is 2.18. The van der Waals surface area contributed by atoms with E-state index in [9.17, 15) is 23.3 Å². The number of alkyl halides is 3. The van der Waals surface area contributed by atoms with Gasteiger partial charge in [0.15, 0.2) is 0 Å². The number of nitro groups is 1. The van der Waals surface area contributed by atoms with Gasteiger partial charge < -0.3 is 0 Å². The van der Waals surface area contributed by atoms with Crippen molar-refractivity contribution in [1.82, 2.24) is 4.98 Å². The molecule has 0 atom stereocenters. The molecule has 0 spiro atoms. The summed E-state index contributed by atoms with van der Waals surface area (Å²) in [7, 11) is 0. The summed E-state index contributed by atoms with van der Waals surface area (Å²) in [6.07, 6.45) is -1.62. The first kappa shape index (κ1) is 16.1. The highest BCUT2D eigenvalue weighted by atomic mass is 32.1. The van der Waals surface area contributed by atoms with E-state index in [4.69, 9.17) is 0 Å². The van der Waals surface area contributed by atoms with Gasteiger partial charge in [0.2, 0.25) is 0 Å². The van der Waals surface area contributed by atoms with Crippen LogP contribution >= 0.6 is 11.3 Å². The van der Waals surface area contributed by atoms with Crippen molar-refractivity contribution in [1.29, 1.82) is 0 Å². The molecule has 0 saturated heterocycles. The summed E-state index contributed by atoms with van der Waals surface area (Å²) in [6.45, 7) is 0. The molecule has 0 N–H and O–H groups in total. The molecule has 1 heterocycles. The highest BCUT2D eigenvalue weighted by Gasteiger charge is 2.32. The first-order valence-corrected chi connectivity index (χ1v) is 7.55. The van der Waals surface area contributed by atoms with Crippen LogP contribution in [-0.2, 0) is 6.18 Å². The van der Waals surface area contributed by atoms with Crippen molar-refractivity contribution >= 4 is 39.4 Å². The molecule has 0 aliphatic carbocycles. The van der Waals surface area contributed by atoms with E-state index in [1.165, 1.54) is 53.8 Å². The molecule has 0 bridgehead atoms. The zero-order valence-electron chi connectivity index (χ0n) is 11.9. The van der Waals surface area contributed by atoms with Crippen LogP contribution in [0.3, 0.4) is 0 Å². The molecule has 4 nitrogen and oxygen atoms in total. The van der Waals surface area contributed by atoms with Gasteiger partial charge in [-0.1, -0.05) is 24.3 Å². The van der Waals surface area contributed by atoms with Crippen LogP contribution in [0.4, 0.5) is 18.9 Å². The summed E-state index contributed by atoms with van der Waals surface area (Å²) in [5, 5.41) is 11.2. The molecule has 2 aromatic carbocycles. The standard InChI is InChI=1S/C16H9F3N2O2S/c17-16(18,19)12-4-2-1-3-10(12)5-8-15-20-13-9-11(21(22)23)6-7-14(13)24-15/h1-9H/b8-5+. The lowest BCUT2D eigenvalue weighted by molar-refractivity contribution is -0.384. The second kappa shape index (κ2) is 6.04. The largest absolute Gasteiger partial charge is 0.416 e. The van der Waals surface area contributed by atoms with Gasteiger partial charge in [-0.25, -0.2) is 4.98 Å². The topological polar surface area (TPSA) is 56.0 Å². The Bertz CT molecular complexity index is 948. The molecule has 0 aliphatic heterocycles. The van der Waals surface area contributed by atoms with E-state index in [0.29, 0.717) is 10.5 Å². The van der Waals surface area contributed by atoms with Gasteiger partial charge in [0.1, 0.15) is 5.01 Å². The van der Waals surface area contributed by atoms with Gasteiger partial charge in [0.25, 0.3) is 5.69 Å². The smallest absolute Gasteiger partial charge is 0.258 e. The van der Waals surface area contributed by atoms with E-state index in [-0.39, 0.29) is 11.3 Å². The molecular weight excluding hydrogens is 341 g/mol. The molecule has 3 aromatic rings. The zero-order valence-corrected chi connectivity index (χ0v) is 12.8. The molecule has 0 unspecified atom stereocenters. The van der Waals surface area contributed by atoms with Crippen LogP contribution < -0.4 is 0 Å². The van der Waals surface area contributed by atoms with Gasteiger partial charge in [-0.2, -0.15) is 13.2 Å². The third-order valence-corrected chi connectivity index (χ3v) is 4.27. The molecule has 3 rings (SSSR count). The van der Waals surface area contributed by atoms with E-state index in [0.717, 1.165) is 10.8 Å². The van der Waals surface area contributed by atoms with Crippen molar-refractivity contribution in [3.63, 3.8) is 0 Å². The summed E-state index contributed by atoms with van der Waals surface area (Å²) >= 11 is 1.25. The number of nitrogens with zero attached hydrogens (tertiary/aromatic N) is 2. The minimum atomic E-state index is -4.44. The number of aromatic nitrogens is 1. The number of thiazole rings is 1. The number of halogens is 3. The Labute approximate surface area is 138 Å². The Morgan fingerprint density at radius 1 is 1.12 bits per heavy atom. The van der Waals surface area contributed by atoms with Crippen LogP contribution in [0.15, 0.2) is 42.5 Å². The fourth-order valence-corrected chi connectivity index (χ4v) is 3.03. The zero-order chi connectivity index (χ0) is 17.3. The number of hydrogen-bond acceptors (Lipinski definition) is 4. The summed E-state index contributed by atoms with van der Waals surface area (Å²) in [6, 6.07) is 9.53. The first-order valence-electron chi connectivity index (χ1n) is 6.74. The highest BCUT2D eigenvalue weighted by Crippen LogP contribution is 2.33. The van der Waals surface area contributed by atoms with Crippen LogP contribution in [0, 0.1) is 10.1 Å². The minimum absolute atomic E-state index is 0.0373. The second-order valence-electron chi connectivity index (χ2n) is 4.88. The van der Waals surface area contributed by atoms with E-state index < -0.39 is 16.7 Å². The average Bonchev–Trinajstić information content (AvgIpc) is 2.94. The maximum absolute atomic E-state index is 13.0. The number of rotatable bonds is 3. The van der Waals surface area contributed by atoms with Crippen LogP contribution in [0.1, 0.15) is 16.1 Å². The molecule has 0 fully saturated rings. The van der Waals surface area contributed by atoms with Gasteiger partial charge in [-0.05, 0) is 23.8 Å². The molecule has 122 valence electrons. The van der Waals surface area contributed by atoms with Crippen molar-refractivity contribution in [2.45, 2.75) is 6.18 Å². The lowest BCUT2D eigenvalue weighted by atomic mass is 10.1. The Hall–Kier alpha value is -2.74. The molecule has 0 aliphatic rings. The molecule has 24 heavy (non-hydrogen) atoms. The summed E-state index contributed by atoms with van der Waals surface area (Å²) in [5.41, 5.74) is -0.322. The predicted molar refractivity (Wildman–Crippen MR) is 86.6 cm³/mol. The number of non-ortho nitro benzene ring substituents is 1. The lowest BCUT2D eigenvalue weighted by Crippen LogP contribution is -2.06. The van der Waals surface area contributed by atoms with Crippen LogP contribution in [-0.4, -0.2) is 9.91 Å². The van der Waals surface area contributed by atoms with E-state index in [1.54, 1.807) is 6.07 Å². The van der Waals surface area contributed by atoms with Crippen molar-refractivity contribution in [2.24, 2.45) is 0 Å². The van der Waals surface area contributed by atoms with Gasteiger partial charge in [-0.15, -0.1) is 11.3 Å². The van der Waals surface area contributed by atoms with Crippen molar-refractivity contribution < 1.29 is 18.1 Å². The summed E-state index contributed by atoms with van der Waals surface area (Å²) < 4.78 is 39.6. The Morgan fingerprint density at radius 3 is 2.58 bits per heavy atom. The van der Waals surface area contributed by atoms with Crippen LogP contribution in [0.5, 0.6) is 0 Å². The molecule has 8 heteroatoms. The minimum Gasteiger partial charge on any atom is -0.258 e. The molecular formula is C16H9F3N2O2S. The maximum atomic E-state index is 13.0. The fraction of sp³-hybridized carbons (Fsp3) is 0.0625. The first-order chi connectivity index (χ1) is 11.3. The number of benzene rings is 2. The van der Waals surface area contributed by atoms with E-state index in [2.05, 4.69) is 4.98 Å². The Balaban J connectivity index is 1.96. The lowest BCUT2D eigenvalue weighted by Gasteiger charge is -2.09. The molecule has 1 aromatic heterocycles. The predicted octanol–water partition coefficient (Wildman–Crippen LogP) is 5.39. The quantitative estimate of drug-likeness (QED) is 0.470. The van der Waals surface area contributed by atoms with Gasteiger partial charge in [0, 0.05) is 12.1 Å². The van der Waals surface area contributed by atoms with E-state index in [1.807, 2.05) is 0 Å². The van der Waals surface area contributed by atoms with Gasteiger partial charge in [0.05, 0.1) is 20.7 Å². The third kappa shape index (κ3) is 3.28. The molecule has 0 saturated carbocycles. The van der Waals surface area contributed by atoms with Crippen LogP contribution in [0.25, 0.3) is 22.4 Å². The second-order valence-corrected chi connectivity index (χ2v) is 5.94. The van der Waals surface area contributed by atoms with Crippen molar-refractivity contribution in [3.05, 3.63) is 68.7 Å². The summed E-state index contributed by atoms with van der Waals surface area (Å²) in [4.78, 5) is 14.4. The third-order valence-electron chi connectivity index (χ3n) is 3.27. The van der Waals surface area contributed by atoms with E-state index >= 15 is 0 Å². The SMILES string of the molecule is O=[N+]([O-])c1ccc2sc(/C=C/c3ccccc3C(F)(F)F)nc2c1. The number of nitro benzene ring substituents is 1. The van der Waals surface area contributed by atoms with Gasteiger partial charge in [-0.3, -0.25) is 10.1 Å². The average molecular weight is 350 g/mol. The Kier molecular flexibility index (Phi) is 4.06. The normalized spacial score (nSPS) is 12.1. The Morgan fingerprint density at radius 2 is 1.88 bits per heavy atom. The molecule has 0 radical (unpaired) electrons. The maximum Gasteiger partial charge on any atom is 0.416 e. The number of fused-ring (bicyclic) bond motifs is 1. The monoisotopic (exact) mass is 350 g/mol. The van der Waals surface area contributed by atoms with Crippen molar-refractivity contribution in [3.8, 4) is 0 Å².